The van der Waals surface area contributed by atoms with Crippen LogP contribution in [0.1, 0.15) is 26.7 Å². The first-order valence-electron chi connectivity index (χ1n) is 7.72. The molecule has 2 rings (SSSR count). The van der Waals surface area contributed by atoms with Crippen molar-refractivity contribution in [3.8, 4) is 0 Å². The van der Waals surface area contributed by atoms with Crippen LogP contribution in [0.15, 0.2) is 24.3 Å². The number of piperidine rings is 1. The minimum absolute atomic E-state index is 0.0368. The second kappa shape index (κ2) is 7.21. The van der Waals surface area contributed by atoms with Crippen LogP contribution in [0.5, 0.6) is 0 Å². The van der Waals surface area contributed by atoms with E-state index in [1.54, 1.807) is 11.0 Å². The molecule has 0 radical (unpaired) electrons. The molecule has 0 atom stereocenters. The summed E-state index contributed by atoms with van der Waals surface area (Å²) < 4.78 is 0. The van der Waals surface area contributed by atoms with Gasteiger partial charge in [-0.1, -0.05) is 19.9 Å². The summed E-state index contributed by atoms with van der Waals surface area (Å²) in [6, 6.07) is 5.89. The Morgan fingerprint density at radius 1 is 1.30 bits per heavy atom. The average Bonchev–Trinajstić information content (AvgIpc) is 2.54. The summed E-state index contributed by atoms with van der Waals surface area (Å²) in [4.78, 5) is 36.3. The summed E-state index contributed by atoms with van der Waals surface area (Å²) in [7, 11) is 0. The van der Waals surface area contributed by atoms with Gasteiger partial charge in [0.2, 0.25) is 11.8 Å². The van der Waals surface area contributed by atoms with Crippen LogP contribution in [0.4, 0.5) is 11.4 Å². The van der Waals surface area contributed by atoms with Gasteiger partial charge in [0.25, 0.3) is 5.69 Å². The normalized spacial score (nSPS) is 15.5. The van der Waals surface area contributed by atoms with E-state index >= 15 is 0 Å². The number of likely N-dealkylation sites (tertiary alicyclic amines) is 1. The fourth-order valence-electron chi connectivity index (χ4n) is 2.67. The van der Waals surface area contributed by atoms with Gasteiger partial charge in [-0.3, -0.25) is 19.7 Å². The average molecular weight is 319 g/mol. The highest BCUT2D eigenvalue weighted by Gasteiger charge is 2.28. The monoisotopic (exact) mass is 319 g/mol. The van der Waals surface area contributed by atoms with Gasteiger partial charge in [0.15, 0.2) is 0 Å². The summed E-state index contributed by atoms with van der Waals surface area (Å²) in [6.07, 6.45) is 1.22. The van der Waals surface area contributed by atoms with Crippen molar-refractivity contribution in [3.63, 3.8) is 0 Å². The second-order valence-electron chi connectivity index (χ2n) is 6.05. The maximum absolute atomic E-state index is 12.3. The van der Waals surface area contributed by atoms with Gasteiger partial charge in [-0.05, 0) is 18.9 Å². The van der Waals surface area contributed by atoms with Crippen molar-refractivity contribution in [2.24, 2.45) is 11.8 Å². The number of nitrogens with zero attached hydrogens (tertiary/aromatic N) is 2. The summed E-state index contributed by atoms with van der Waals surface area (Å²) in [6.45, 7) is 4.88. The molecule has 23 heavy (non-hydrogen) atoms. The molecule has 7 heteroatoms. The summed E-state index contributed by atoms with van der Waals surface area (Å²) in [5.41, 5.74) is 0.366. The van der Waals surface area contributed by atoms with Crippen molar-refractivity contribution in [1.29, 1.82) is 0 Å². The predicted molar refractivity (Wildman–Crippen MR) is 85.9 cm³/mol. The van der Waals surface area contributed by atoms with Crippen LogP contribution in [0, 0.1) is 22.0 Å². The number of nitro benzene ring substituents is 1. The fraction of sp³-hybridized carbons (Fsp3) is 0.500. The van der Waals surface area contributed by atoms with Crippen molar-refractivity contribution in [1.82, 2.24) is 4.90 Å². The van der Waals surface area contributed by atoms with Crippen molar-refractivity contribution < 1.29 is 14.5 Å². The highest BCUT2D eigenvalue weighted by atomic mass is 16.6. The Bertz CT molecular complexity index is 607. The van der Waals surface area contributed by atoms with Gasteiger partial charge in [-0.25, -0.2) is 0 Å². The van der Waals surface area contributed by atoms with Gasteiger partial charge in [0.1, 0.15) is 0 Å². The molecular formula is C16H21N3O4. The Labute approximate surface area is 134 Å². The van der Waals surface area contributed by atoms with Gasteiger partial charge in [-0.15, -0.1) is 0 Å². The zero-order valence-corrected chi connectivity index (χ0v) is 13.3. The van der Waals surface area contributed by atoms with Crippen LogP contribution in [0.2, 0.25) is 0 Å². The molecular weight excluding hydrogens is 298 g/mol. The highest BCUT2D eigenvalue weighted by Crippen LogP contribution is 2.22. The van der Waals surface area contributed by atoms with E-state index in [-0.39, 0.29) is 29.3 Å². The van der Waals surface area contributed by atoms with E-state index in [9.17, 15) is 19.7 Å². The summed E-state index contributed by atoms with van der Waals surface area (Å²) in [5.74, 6) is -0.250. The molecule has 0 spiro atoms. The summed E-state index contributed by atoms with van der Waals surface area (Å²) in [5, 5.41) is 13.5. The van der Waals surface area contributed by atoms with Crippen LogP contribution < -0.4 is 5.32 Å². The molecule has 1 aromatic rings. The number of rotatable bonds is 4. The number of hydrogen-bond acceptors (Lipinski definition) is 4. The Kier molecular flexibility index (Phi) is 5.31. The number of nitro groups is 1. The molecule has 0 bridgehead atoms. The van der Waals surface area contributed by atoms with Gasteiger partial charge >= 0.3 is 0 Å². The Balaban J connectivity index is 1.92. The Morgan fingerprint density at radius 2 is 1.96 bits per heavy atom. The molecule has 1 aliphatic heterocycles. The molecule has 2 amide bonds. The fourth-order valence-corrected chi connectivity index (χ4v) is 2.67. The molecule has 124 valence electrons. The standard InChI is InChI=1S/C16H21N3O4/c1-11(2)16(21)18-8-6-12(7-9-18)15(20)17-13-4-3-5-14(10-13)19(22)23/h3-5,10-12H,6-9H2,1-2H3,(H,17,20). The largest absolute Gasteiger partial charge is 0.342 e. The van der Waals surface area contributed by atoms with Crippen LogP contribution in [-0.4, -0.2) is 34.7 Å². The van der Waals surface area contributed by atoms with E-state index < -0.39 is 4.92 Å². The molecule has 0 saturated carbocycles. The lowest BCUT2D eigenvalue weighted by molar-refractivity contribution is -0.384. The van der Waals surface area contributed by atoms with Crippen LogP contribution in [0.25, 0.3) is 0 Å². The predicted octanol–water partition coefficient (Wildman–Crippen LogP) is 2.43. The second-order valence-corrected chi connectivity index (χ2v) is 6.05. The number of benzene rings is 1. The van der Waals surface area contributed by atoms with E-state index in [0.717, 1.165) is 0 Å². The lowest BCUT2D eigenvalue weighted by atomic mass is 9.95. The zero-order chi connectivity index (χ0) is 17.0. The molecule has 1 N–H and O–H groups in total. The molecule has 1 aliphatic rings. The van der Waals surface area contributed by atoms with Crippen molar-refractivity contribution >= 4 is 23.2 Å². The van der Waals surface area contributed by atoms with Crippen LogP contribution in [0.3, 0.4) is 0 Å². The minimum Gasteiger partial charge on any atom is -0.342 e. The smallest absolute Gasteiger partial charge is 0.271 e. The third kappa shape index (κ3) is 4.28. The number of nitrogens with one attached hydrogen (secondary N) is 1. The molecule has 7 nitrogen and oxygen atoms in total. The highest BCUT2D eigenvalue weighted by molar-refractivity contribution is 5.93. The van der Waals surface area contributed by atoms with Gasteiger partial charge in [0.05, 0.1) is 4.92 Å². The molecule has 1 saturated heterocycles. The van der Waals surface area contributed by atoms with Gasteiger partial charge < -0.3 is 10.2 Å². The van der Waals surface area contributed by atoms with Crippen LogP contribution >= 0.6 is 0 Å². The number of amides is 2. The molecule has 0 unspecified atom stereocenters. The van der Waals surface area contributed by atoms with E-state index in [4.69, 9.17) is 0 Å². The zero-order valence-electron chi connectivity index (χ0n) is 13.3. The van der Waals surface area contributed by atoms with Crippen LogP contribution in [-0.2, 0) is 9.59 Å². The van der Waals surface area contributed by atoms with Crippen molar-refractivity contribution in [2.75, 3.05) is 18.4 Å². The Hall–Kier alpha value is -2.44. The van der Waals surface area contributed by atoms with E-state index in [1.807, 2.05) is 13.8 Å². The number of hydrogen-bond donors (Lipinski definition) is 1. The van der Waals surface area contributed by atoms with Gasteiger partial charge in [-0.2, -0.15) is 0 Å². The van der Waals surface area contributed by atoms with E-state index in [1.165, 1.54) is 18.2 Å². The first kappa shape index (κ1) is 16.9. The first-order chi connectivity index (χ1) is 10.9. The number of carbonyl (C=O) groups is 2. The Morgan fingerprint density at radius 3 is 2.52 bits per heavy atom. The number of non-ortho nitro benzene ring substituents is 1. The molecule has 0 aliphatic carbocycles. The molecule has 1 heterocycles. The van der Waals surface area contributed by atoms with E-state index in [0.29, 0.717) is 31.6 Å². The topological polar surface area (TPSA) is 92.6 Å². The lowest BCUT2D eigenvalue weighted by Gasteiger charge is -2.32. The quantitative estimate of drug-likeness (QED) is 0.681. The molecule has 1 aromatic carbocycles. The SMILES string of the molecule is CC(C)C(=O)N1CCC(C(=O)Nc2cccc([N+](=O)[O-])c2)CC1. The number of anilines is 1. The first-order valence-corrected chi connectivity index (χ1v) is 7.72. The minimum atomic E-state index is -0.494. The van der Waals surface area contributed by atoms with Gasteiger partial charge in [0, 0.05) is 42.7 Å². The lowest BCUT2D eigenvalue weighted by Crippen LogP contribution is -2.43. The van der Waals surface area contributed by atoms with Crippen molar-refractivity contribution in [3.05, 3.63) is 34.4 Å². The molecule has 1 fully saturated rings. The third-order valence-corrected chi connectivity index (χ3v) is 4.00. The third-order valence-electron chi connectivity index (χ3n) is 4.00. The van der Waals surface area contributed by atoms with Crippen molar-refractivity contribution in [2.45, 2.75) is 26.7 Å². The summed E-state index contributed by atoms with van der Waals surface area (Å²) >= 11 is 0. The maximum Gasteiger partial charge on any atom is 0.271 e. The maximum atomic E-state index is 12.3. The molecule has 0 aromatic heterocycles. The van der Waals surface area contributed by atoms with E-state index in [2.05, 4.69) is 5.32 Å². The number of carbonyl (C=O) groups excluding carboxylic acids is 2.